The molecule has 1 saturated heterocycles. The predicted octanol–water partition coefficient (Wildman–Crippen LogP) is 1.96. The molecule has 7 heteroatoms. The summed E-state index contributed by atoms with van der Waals surface area (Å²) < 4.78 is 27.5. The summed E-state index contributed by atoms with van der Waals surface area (Å²) in [7, 11) is -0.104. The average molecular weight is 407 g/mol. The van der Waals surface area contributed by atoms with Gasteiger partial charge in [-0.05, 0) is 48.9 Å². The van der Waals surface area contributed by atoms with Gasteiger partial charge in [0.15, 0.2) is 0 Å². The standard InChI is InChI=1S/C21H34N4O2S/c1-22(2)28(26,27)25-15-13-24(14-16-25)21-8-7-18-9-11-23(12-10-19(18)17-21)20-5-3-4-6-20/h7-8,17,20H,3-6,9-16H2,1-2H3. The fourth-order valence-electron chi connectivity index (χ4n) is 4.97. The quantitative estimate of drug-likeness (QED) is 0.767. The molecular formula is C21H34N4O2S. The van der Waals surface area contributed by atoms with Gasteiger partial charge >= 0.3 is 0 Å². The van der Waals surface area contributed by atoms with Gasteiger partial charge in [-0.25, -0.2) is 0 Å². The van der Waals surface area contributed by atoms with Crippen molar-refractivity contribution in [3.8, 4) is 0 Å². The molecule has 0 unspecified atom stereocenters. The van der Waals surface area contributed by atoms with Crippen molar-refractivity contribution in [1.82, 2.24) is 13.5 Å². The maximum Gasteiger partial charge on any atom is 0.281 e. The van der Waals surface area contributed by atoms with E-state index in [-0.39, 0.29) is 0 Å². The zero-order chi connectivity index (χ0) is 19.7. The minimum atomic E-state index is -3.30. The van der Waals surface area contributed by atoms with E-state index in [0.717, 1.165) is 32.0 Å². The number of anilines is 1. The van der Waals surface area contributed by atoms with Gasteiger partial charge in [-0.15, -0.1) is 0 Å². The summed E-state index contributed by atoms with van der Waals surface area (Å²) in [6.07, 6.45) is 7.83. The van der Waals surface area contributed by atoms with Crippen LogP contribution in [0.3, 0.4) is 0 Å². The Morgan fingerprint density at radius 2 is 1.54 bits per heavy atom. The van der Waals surface area contributed by atoms with Crippen LogP contribution in [0.1, 0.15) is 36.8 Å². The predicted molar refractivity (Wildman–Crippen MR) is 114 cm³/mol. The maximum atomic E-state index is 12.3. The second-order valence-electron chi connectivity index (χ2n) is 8.60. The fraction of sp³-hybridized carbons (Fsp3) is 0.714. The van der Waals surface area contributed by atoms with Crippen molar-refractivity contribution in [3.63, 3.8) is 0 Å². The van der Waals surface area contributed by atoms with E-state index in [2.05, 4.69) is 28.0 Å². The molecule has 2 aliphatic heterocycles. The molecule has 4 rings (SSSR count). The highest BCUT2D eigenvalue weighted by molar-refractivity contribution is 7.86. The Morgan fingerprint density at radius 1 is 0.893 bits per heavy atom. The second-order valence-corrected chi connectivity index (χ2v) is 10.7. The fourth-order valence-corrected chi connectivity index (χ4v) is 6.05. The molecule has 1 saturated carbocycles. The third-order valence-corrected chi connectivity index (χ3v) is 8.70. The van der Waals surface area contributed by atoms with Gasteiger partial charge in [0.25, 0.3) is 10.2 Å². The molecule has 1 aromatic carbocycles. The van der Waals surface area contributed by atoms with Crippen molar-refractivity contribution >= 4 is 15.9 Å². The number of benzene rings is 1. The second kappa shape index (κ2) is 8.30. The summed E-state index contributed by atoms with van der Waals surface area (Å²) in [5.41, 5.74) is 4.23. The van der Waals surface area contributed by atoms with Crippen molar-refractivity contribution in [3.05, 3.63) is 29.3 Å². The van der Waals surface area contributed by atoms with Crippen LogP contribution in [0.4, 0.5) is 5.69 Å². The van der Waals surface area contributed by atoms with Crippen LogP contribution in [-0.4, -0.2) is 81.3 Å². The highest BCUT2D eigenvalue weighted by Gasteiger charge is 2.29. The number of hydrogen-bond acceptors (Lipinski definition) is 4. The molecule has 0 spiro atoms. The third-order valence-electron chi connectivity index (χ3n) is 6.76. The molecule has 156 valence electrons. The van der Waals surface area contributed by atoms with Gasteiger partial charge in [0, 0.05) is 65.1 Å². The van der Waals surface area contributed by atoms with E-state index >= 15 is 0 Å². The lowest BCUT2D eigenvalue weighted by Crippen LogP contribution is -2.51. The van der Waals surface area contributed by atoms with Gasteiger partial charge in [0.2, 0.25) is 0 Å². The topological polar surface area (TPSA) is 47.1 Å². The smallest absolute Gasteiger partial charge is 0.281 e. The lowest BCUT2D eigenvalue weighted by molar-refractivity contribution is 0.208. The first kappa shape index (κ1) is 20.1. The minimum Gasteiger partial charge on any atom is -0.369 e. The van der Waals surface area contributed by atoms with Crippen LogP contribution < -0.4 is 4.90 Å². The summed E-state index contributed by atoms with van der Waals surface area (Å²) in [4.78, 5) is 5.05. The Morgan fingerprint density at radius 3 is 2.18 bits per heavy atom. The van der Waals surface area contributed by atoms with Crippen molar-refractivity contribution < 1.29 is 8.42 Å². The number of rotatable bonds is 4. The molecule has 1 aliphatic carbocycles. The zero-order valence-electron chi connectivity index (χ0n) is 17.3. The lowest BCUT2D eigenvalue weighted by Gasteiger charge is -2.36. The molecule has 3 aliphatic rings. The number of nitrogens with zero attached hydrogens (tertiary/aromatic N) is 4. The van der Waals surface area contributed by atoms with Crippen LogP contribution >= 0.6 is 0 Å². The van der Waals surface area contributed by atoms with Crippen LogP contribution in [0.25, 0.3) is 0 Å². The summed E-state index contributed by atoms with van der Waals surface area (Å²) >= 11 is 0. The number of hydrogen-bond donors (Lipinski definition) is 0. The molecule has 28 heavy (non-hydrogen) atoms. The Hall–Kier alpha value is -1.15. The van der Waals surface area contributed by atoms with E-state index in [4.69, 9.17) is 0 Å². The molecule has 0 amide bonds. The van der Waals surface area contributed by atoms with Gasteiger partial charge in [-0.2, -0.15) is 17.0 Å². The molecule has 0 bridgehead atoms. The molecule has 1 aromatic rings. The van der Waals surface area contributed by atoms with Crippen LogP contribution in [-0.2, 0) is 23.1 Å². The highest BCUT2D eigenvalue weighted by Crippen LogP contribution is 2.28. The Labute approximate surface area is 170 Å². The molecule has 0 aromatic heterocycles. The lowest BCUT2D eigenvalue weighted by atomic mass is 10.0. The molecule has 2 heterocycles. The van der Waals surface area contributed by atoms with E-state index < -0.39 is 10.2 Å². The Bertz CT molecular complexity index is 782. The number of fused-ring (bicyclic) bond motifs is 1. The molecule has 0 N–H and O–H groups in total. The monoisotopic (exact) mass is 406 g/mol. The van der Waals surface area contributed by atoms with E-state index in [9.17, 15) is 8.42 Å². The number of piperazine rings is 1. The van der Waals surface area contributed by atoms with Gasteiger partial charge in [0.05, 0.1) is 0 Å². The van der Waals surface area contributed by atoms with Crippen molar-refractivity contribution in [2.24, 2.45) is 0 Å². The van der Waals surface area contributed by atoms with Gasteiger partial charge in [0.1, 0.15) is 0 Å². The Balaban J connectivity index is 1.40. The molecule has 2 fully saturated rings. The van der Waals surface area contributed by atoms with Gasteiger partial charge in [-0.1, -0.05) is 18.9 Å². The molecular weight excluding hydrogens is 372 g/mol. The first-order valence-corrected chi connectivity index (χ1v) is 12.1. The van der Waals surface area contributed by atoms with E-state index in [1.54, 1.807) is 18.4 Å². The summed E-state index contributed by atoms with van der Waals surface area (Å²) in [6, 6.07) is 7.72. The summed E-state index contributed by atoms with van der Waals surface area (Å²) in [5, 5.41) is 0. The van der Waals surface area contributed by atoms with Crippen molar-refractivity contribution in [1.29, 1.82) is 0 Å². The van der Waals surface area contributed by atoms with E-state index in [0.29, 0.717) is 13.1 Å². The molecule has 6 nitrogen and oxygen atoms in total. The van der Waals surface area contributed by atoms with Crippen LogP contribution in [0.15, 0.2) is 18.2 Å². The SMILES string of the molecule is CN(C)S(=O)(=O)N1CCN(c2ccc3c(c2)CCN(C2CCCC2)CC3)CC1. The van der Waals surface area contributed by atoms with Crippen LogP contribution in [0.5, 0.6) is 0 Å². The molecule has 0 radical (unpaired) electrons. The average Bonchev–Trinajstić information content (AvgIpc) is 3.15. The first-order chi connectivity index (χ1) is 13.4. The maximum absolute atomic E-state index is 12.3. The highest BCUT2D eigenvalue weighted by atomic mass is 32.2. The molecule has 0 atom stereocenters. The minimum absolute atomic E-state index is 0.549. The van der Waals surface area contributed by atoms with Gasteiger partial charge < -0.3 is 4.90 Å². The normalized spacial score (nSPS) is 23.2. The third kappa shape index (κ3) is 4.08. The first-order valence-electron chi connectivity index (χ1n) is 10.7. The van der Waals surface area contributed by atoms with Crippen LogP contribution in [0.2, 0.25) is 0 Å². The largest absolute Gasteiger partial charge is 0.369 e. The Kier molecular flexibility index (Phi) is 5.97. The van der Waals surface area contributed by atoms with E-state index in [1.165, 1.54) is 59.9 Å². The summed E-state index contributed by atoms with van der Waals surface area (Å²) in [5.74, 6) is 0. The van der Waals surface area contributed by atoms with Gasteiger partial charge in [-0.3, -0.25) is 4.90 Å². The van der Waals surface area contributed by atoms with Crippen molar-refractivity contribution in [2.75, 3.05) is 58.3 Å². The summed E-state index contributed by atoms with van der Waals surface area (Å²) in [6.45, 7) is 4.97. The van der Waals surface area contributed by atoms with Crippen LogP contribution in [0, 0.1) is 0 Å². The van der Waals surface area contributed by atoms with E-state index in [1.807, 2.05) is 0 Å². The zero-order valence-corrected chi connectivity index (χ0v) is 18.1. The van der Waals surface area contributed by atoms with Crippen molar-refractivity contribution in [2.45, 2.75) is 44.6 Å².